The zero-order valence-corrected chi connectivity index (χ0v) is 16.9. The van der Waals surface area contributed by atoms with Crippen LogP contribution in [0.1, 0.15) is 31.3 Å². The van der Waals surface area contributed by atoms with E-state index < -0.39 is 18.9 Å². The Balaban J connectivity index is 1.56. The van der Waals surface area contributed by atoms with Crippen LogP contribution in [0, 0.1) is 0 Å². The monoisotopic (exact) mass is 433 g/mol. The van der Waals surface area contributed by atoms with Gasteiger partial charge in [-0.25, -0.2) is 9.67 Å². The molecule has 4 rings (SSSR count). The van der Waals surface area contributed by atoms with Crippen LogP contribution in [0.2, 0.25) is 0 Å². The Morgan fingerprint density at radius 3 is 2.45 bits per heavy atom. The van der Waals surface area contributed by atoms with E-state index in [-0.39, 0.29) is 6.04 Å². The number of ether oxygens (including phenoxy) is 3. The van der Waals surface area contributed by atoms with Crippen molar-refractivity contribution in [3.63, 3.8) is 0 Å². The molecule has 0 aliphatic carbocycles. The maximum atomic E-state index is 12.6. The number of halogens is 3. The van der Waals surface area contributed by atoms with E-state index in [4.69, 9.17) is 14.2 Å². The lowest BCUT2D eigenvalue weighted by molar-refractivity contribution is -0.185. The van der Waals surface area contributed by atoms with Gasteiger partial charge in [0.2, 0.25) is 0 Å². The minimum atomic E-state index is -4.41. The van der Waals surface area contributed by atoms with Crippen molar-refractivity contribution in [2.45, 2.75) is 31.7 Å². The number of hydrogen-bond acceptors (Lipinski definition) is 5. The first-order valence-corrected chi connectivity index (χ1v) is 9.95. The van der Waals surface area contributed by atoms with Gasteiger partial charge in [0.25, 0.3) is 0 Å². The van der Waals surface area contributed by atoms with Gasteiger partial charge < -0.3 is 14.2 Å². The summed E-state index contributed by atoms with van der Waals surface area (Å²) in [6.07, 6.45) is -4.57. The van der Waals surface area contributed by atoms with Crippen molar-refractivity contribution in [1.29, 1.82) is 0 Å². The quantitative estimate of drug-likeness (QED) is 0.504. The predicted octanol–water partition coefficient (Wildman–Crippen LogP) is 5.34. The molecule has 6 nitrogen and oxygen atoms in total. The number of alkyl halides is 3. The van der Waals surface area contributed by atoms with Crippen molar-refractivity contribution < 1.29 is 27.4 Å². The molecule has 9 heteroatoms. The summed E-state index contributed by atoms with van der Waals surface area (Å²) < 4.78 is 55.7. The average molecular weight is 433 g/mol. The van der Waals surface area contributed by atoms with Gasteiger partial charge in [-0.15, -0.1) is 0 Å². The molecule has 0 bridgehead atoms. The van der Waals surface area contributed by atoms with E-state index in [1.807, 2.05) is 42.5 Å². The van der Waals surface area contributed by atoms with Crippen molar-refractivity contribution in [2.75, 3.05) is 19.8 Å². The molecule has 1 saturated heterocycles. The van der Waals surface area contributed by atoms with Crippen LogP contribution in [0.15, 0.2) is 54.6 Å². The molecule has 0 radical (unpaired) electrons. The maximum absolute atomic E-state index is 12.6. The zero-order valence-electron chi connectivity index (χ0n) is 16.9. The van der Waals surface area contributed by atoms with Crippen molar-refractivity contribution in [1.82, 2.24) is 14.8 Å². The molecule has 0 amide bonds. The van der Waals surface area contributed by atoms with Crippen LogP contribution in [-0.2, 0) is 9.47 Å². The predicted molar refractivity (Wildman–Crippen MR) is 107 cm³/mol. The van der Waals surface area contributed by atoms with Crippen molar-refractivity contribution >= 4 is 0 Å². The van der Waals surface area contributed by atoms with E-state index >= 15 is 0 Å². The fourth-order valence-electron chi connectivity index (χ4n) is 3.31. The molecule has 1 aliphatic rings. The Bertz CT molecular complexity index is 985. The highest BCUT2D eigenvalue weighted by molar-refractivity contribution is 5.56. The van der Waals surface area contributed by atoms with Gasteiger partial charge in [-0.2, -0.15) is 18.3 Å². The van der Waals surface area contributed by atoms with E-state index in [1.54, 1.807) is 23.7 Å². The topological polar surface area (TPSA) is 58.4 Å². The second-order valence-corrected chi connectivity index (χ2v) is 7.26. The standard InChI is InChI=1S/C22H22F3N3O3/c1-15(30-14-22(23,24)25)21-26-20(27-28(21)17-11-12-29-13-17)16-7-9-19(10-8-16)31-18-5-3-2-4-6-18/h2-10,15,17H,11-14H2,1H3. The van der Waals surface area contributed by atoms with Gasteiger partial charge in [0.1, 0.15) is 24.2 Å². The van der Waals surface area contributed by atoms with E-state index in [2.05, 4.69) is 10.1 Å². The molecule has 3 aromatic rings. The van der Waals surface area contributed by atoms with Crippen LogP contribution >= 0.6 is 0 Å². The average Bonchev–Trinajstić information content (AvgIpc) is 3.43. The summed E-state index contributed by atoms with van der Waals surface area (Å²) >= 11 is 0. The van der Waals surface area contributed by atoms with Crippen molar-refractivity contribution in [3.05, 3.63) is 60.4 Å². The van der Waals surface area contributed by atoms with Gasteiger partial charge in [-0.3, -0.25) is 0 Å². The minimum Gasteiger partial charge on any atom is -0.457 e. The van der Waals surface area contributed by atoms with Crippen LogP contribution in [0.3, 0.4) is 0 Å². The molecule has 31 heavy (non-hydrogen) atoms. The molecular formula is C22H22F3N3O3. The number of para-hydroxylation sites is 1. The number of nitrogens with zero attached hydrogens (tertiary/aromatic N) is 3. The van der Waals surface area contributed by atoms with Crippen LogP contribution in [-0.4, -0.2) is 40.8 Å². The lowest BCUT2D eigenvalue weighted by atomic mass is 10.2. The normalized spacial score (nSPS) is 17.6. The summed E-state index contributed by atoms with van der Waals surface area (Å²) in [6, 6.07) is 16.5. The Morgan fingerprint density at radius 1 is 1.10 bits per heavy atom. The highest BCUT2D eigenvalue weighted by Gasteiger charge is 2.31. The highest BCUT2D eigenvalue weighted by atomic mass is 19.4. The summed E-state index contributed by atoms with van der Waals surface area (Å²) in [5.74, 6) is 2.13. The molecule has 0 saturated carbocycles. The lowest BCUT2D eigenvalue weighted by Gasteiger charge is -2.17. The molecule has 1 aliphatic heterocycles. The third-order valence-electron chi connectivity index (χ3n) is 4.86. The summed E-state index contributed by atoms with van der Waals surface area (Å²) in [7, 11) is 0. The van der Waals surface area contributed by atoms with Crippen LogP contribution in [0.25, 0.3) is 11.4 Å². The first kappa shape index (κ1) is 21.3. The Labute approximate surface area is 177 Å². The summed E-state index contributed by atoms with van der Waals surface area (Å²) in [5, 5.41) is 4.57. The first-order valence-electron chi connectivity index (χ1n) is 9.95. The molecular weight excluding hydrogens is 411 g/mol. The molecule has 2 unspecified atom stereocenters. The van der Waals surface area contributed by atoms with E-state index in [9.17, 15) is 13.2 Å². The number of benzene rings is 2. The molecule has 164 valence electrons. The third kappa shape index (κ3) is 5.42. The Hall–Kier alpha value is -2.91. The van der Waals surface area contributed by atoms with Gasteiger partial charge in [0.15, 0.2) is 11.6 Å². The van der Waals surface area contributed by atoms with Gasteiger partial charge >= 0.3 is 6.18 Å². The van der Waals surface area contributed by atoms with Crippen molar-refractivity contribution in [3.8, 4) is 22.9 Å². The summed E-state index contributed by atoms with van der Waals surface area (Å²) in [4.78, 5) is 4.50. The van der Waals surface area contributed by atoms with Gasteiger partial charge in [0, 0.05) is 12.2 Å². The number of rotatable bonds is 7. The van der Waals surface area contributed by atoms with Crippen molar-refractivity contribution in [2.24, 2.45) is 0 Å². The van der Waals surface area contributed by atoms with Gasteiger partial charge in [-0.1, -0.05) is 18.2 Å². The molecule has 0 spiro atoms. The first-order chi connectivity index (χ1) is 14.9. The second kappa shape index (κ2) is 9.07. The number of aromatic nitrogens is 3. The van der Waals surface area contributed by atoms with Crippen LogP contribution < -0.4 is 4.74 Å². The van der Waals surface area contributed by atoms with E-state index in [1.165, 1.54) is 0 Å². The molecule has 0 N–H and O–H groups in total. The smallest absolute Gasteiger partial charge is 0.411 e. The molecule has 2 aromatic carbocycles. The molecule has 2 atom stereocenters. The largest absolute Gasteiger partial charge is 0.457 e. The second-order valence-electron chi connectivity index (χ2n) is 7.26. The maximum Gasteiger partial charge on any atom is 0.411 e. The third-order valence-corrected chi connectivity index (χ3v) is 4.86. The Morgan fingerprint density at radius 2 is 1.81 bits per heavy atom. The van der Waals surface area contributed by atoms with Crippen LogP contribution in [0.5, 0.6) is 11.5 Å². The lowest BCUT2D eigenvalue weighted by Crippen LogP contribution is -2.22. The fraction of sp³-hybridized carbons (Fsp3) is 0.364. The van der Waals surface area contributed by atoms with Gasteiger partial charge in [0.05, 0.1) is 12.6 Å². The molecule has 1 fully saturated rings. The zero-order chi connectivity index (χ0) is 21.8. The summed E-state index contributed by atoms with van der Waals surface area (Å²) in [6.45, 7) is 1.21. The van der Waals surface area contributed by atoms with Gasteiger partial charge in [-0.05, 0) is 49.7 Å². The van der Waals surface area contributed by atoms with E-state index in [0.717, 1.165) is 11.3 Å². The highest BCUT2D eigenvalue weighted by Crippen LogP contribution is 2.30. The van der Waals surface area contributed by atoms with E-state index in [0.29, 0.717) is 37.0 Å². The fourth-order valence-corrected chi connectivity index (χ4v) is 3.31. The molecule has 1 aromatic heterocycles. The SMILES string of the molecule is CC(OCC(F)(F)F)c1nc(-c2ccc(Oc3ccccc3)cc2)nn1C1CCOC1. The number of hydrogen-bond donors (Lipinski definition) is 0. The summed E-state index contributed by atoms with van der Waals surface area (Å²) in [5.41, 5.74) is 0.724. The van der Waals surface area contributed by atoms with Crippen LogP contribution in [0.4, 0.5) is 13.2 Å². The molecule has 2 heterocycles. The Kier molecular flexibility index (Phi) is 6.24. The minimum absolute atomic E-state index is 0.0890.